The first kappa shape index (κ1) is 21.3. The molecule has 0 aliphatic carbocycles. The number of nitrogens with one attached hydrogen (secondary N) is 1. The first-order chi connectivity index (χ1) is 14.9. The van der Waals surface area contributed by atoms with Crippen LogP contribution in [0.1, 0.15) is 38.2 Å². The number of unbranched alkanes of at least 4 members (excludes halogenated alkanes) is 3. The molecule has 0 amide bonds. The van der Waals surface area contributed by atoms with Gasteiger partial charge in [0, 0.05) is 5.56 Å². The maximum Gasteiger partial charge on any atom is 0.239 e. The lowest BCUT2D eigenvalue weighted by atomic mass is 9.94. The molecule has 0 spiro atoms. The normalized spacial score (nSPS) is 11.9. The number of thiazole rings is 1. The van der Waals surface area contributed by atoms with Crippen molar-refractivity contribution in [2.24, 2.45) is 5.14 Å². The Morgan fingerprint density at radius 2 is 1.94 bits per heavy atom. The molecule has 4 aromatic rings. The van der Waals surface area contributed by atoms with Crippen molar-refractivity contribution in [2.45, 2.75) is 43.9 Å². The zero-order valence-electron chi connectivity index (χ0n) is 17.0. The van der Waals surface area contributed by atoms with Crippen molar-refractivity contribution < 1.29 is 8.42 Å². The topological polar surface area (TPSA) is 154 Å². The fourth-order valence-electron chi connectivity index (χ4n) is 3.79. The number of rotatable bonds is 8. The monoisotopic (exact) mass is 457 g/mol. The number of sulfonamides is 1. The smallest absolute Gasteiger partial charge is 0.239 e. The van der Waals surface area contributed by atoms with Gasteiger partial charge in [-0.2, -0.15) is 5.21 Å². The molecule has 2 heterocycles. The number of tetrazole rings is 1. The molecule has 162 valence electrons. The molecule has 0 atom stereocenters. The molecule has 5 N–H and O–H groups in total. The van der Waals surface area contributed by atoms with Crippen LogP contribution in [0.4, 0.5) is 5.13 Å². The van der Waals surface area contributed by atoms with Gasteiger partial charge in [0.25, 0.3) is 0 Å². The minimum absolute atomic E-state index is 0.0307. The van der Waals surface area contributed by atoms with Gasteiger partial charge in [0.15, 0.2) is 5.13 Å². The number of hydrogen-bond donors (Lipinski definition) is 3. The van der Waals surface area contributed by atoms with Crippen molar-refractivity contribution >= 4 is 36.7 Å². The molecule has 0 radical (unpaired) electrons. The number of benzene rings is 2. The summed E-state index contributed by atoms with van der Waals surface area (Å²) in [6.07, 6.45) is 4.64. The Hall–Kier alpha value is -2.89. The predicted molar refractivity (Wildman–Crippen MR) is 122 cm³/mol. The molecule has 0 saturated heterocycles. The minimum atomic E-state index is -4.08. The molecule has 4 rings (SSSR count). The average molecular weight is 458 g/mol. The molecule has 0 aliphatic rings. The molecule has 11 heteroatoms. The molecule has 2 aromatic heterocycles. The van der Waals surface area contributed by atoms with E-state index in [1.807, 2.05) is 30.3 Å². The fourth-order valence-corrected chi connectivity index (χ4v) is 5.57. The summed E-state index contributed by atoms with van der Waals surface area (Å²) in [5.74, 6) is 0.162. The van der Waals surface area contributed by atoms with Gasteiger partial charge in [0.1, 0.15) is 0 Å². The second-order valence-electron chi connectivity index (χ2n) is 7.27. The molecule has 2 aromatic carbocycles. The van der Waals surface area contributed by atoms with Crippen molar-refractivity contribution in [3.8, 4) is 22.5 Å². The first-order valence-electron chi connectivity index (χ1n) is 9.98. The summed E-state index contributed by atoms with van der Waals surface area (Å²) in [5, 5.41) is 20.3. The summed E-state index contributed by atoms with van der Waals surface area (Å²) >= 11 is 1.37. The van der Waals surface area contributed by atoms with Gasteiger partial charge in [-0.25, -0.2) is 18.5 Å². The number of nitrogen functional groups attached to an aromatic ring is 1. The highest BCUT2D eigenvalue weighted by molar-refractivity contribution is 7.89. The van der Waals surface area contributed by atoms with Crippen molar-refractivity contribution in [3.63, 3.8) is 0 Å². The van der Waals surface area contributed by atoms with Gasteiger partial charge in [0.05, 0.1) is 20.7 Å². The Morgan fingerprint density at radius 1 is 1.10 bits per heavy atom. The van der Waals surface area contributed by atoms with E-state index < -0.39 is 10.0 Å². The highest BCUT2D eigenvalue weighted by atomic mass is 32.2. The van der Waals surface area contributed by atoms with Crippen molar-refractivity contribution in [2.75, 3.05) is 5.73 Å². The van der Waals surface area contributed by atoms with E-state index in [-0.39, 0.29) is 10.7 Å². The van der Waals surface area contributed by atoms with Crippen molar-refractivity contribution in [3.05, 3.63) is 35.9 Å². The van der Waals surface area contributed by atoms with Crippen LogP contribution in [0, 0.1) is 0 Å². The van der Waals surface area contributed by atoms with Gasteiger partial charge >= 0.3 is 0 Å². The number of aromatic amines is 1. The second-order valence-corrected chi connectivity index (χ2v) is 9.83. The molecular formula is C20H23N7O2S2. The number of nitrogens with two attached hydrogens (primary N) is 2. The van der Waals surface area contributed by atoms with Crippen LogP contribution >= 0.6 is 11.3 Å². The molecule has 31 heavy (non-hydrogen) atoms. The third-order valence-corrected chi connectivity index (χ3v) is 7.00. The maximum absolute atomic E-state index is 12.8. The third-order valence-electron chi connectivity index (χ3n) is 5.12. The van der Waals surface area contributed by atoms with E-state index in [0.717, 1.165) is 35.9 Å². The average Bonchev–Trinajstić information content (AvgIpc) is 3.38. The van der Waals surface area contributed by atoms with Crippen LogP contribution in [-0.4, -0.2) is 34.0 Å². The summed E-state index contributed by atoms with van der Waals surface area (Å²) in [6, 6.07) is 9.36. The van der Waals surface area contributed by atoms with Crippen LogP contribution < -0.4 is 10.9 Å². The SMILES string of the molecule is CCCCCCc1ccc(-c2cccc3sc(N)nc23)c(-c2nn[nH]n2)c1S(N)(=O)=O. The summed E-state index contributed by atoms with van der Waals surface area (Å²) in [6.45, 7) is 2.13. The van der Waals surface area contributed by atoms with Gasteiger partial charge in [0.2, 0.25) is 15.8 Å². The number of aryl methyl sites for hydroxylation is 1. The van der Waals surface area contributed by atoms with Gasteiger partial charge in [-0.05, 0) is 35.2 Å². The number of anilines is 1. The zero-order valence-corrected chi connectivity index (χ0v) is 18.6. The molecule has 9 nitrogen and oxygen atoms in total. The lowest BCUT2D eigenvalue weighted by molar-refractivity contribution is 0.595. The highest BCUT2D eigenvalue weighted by Crippen LogP contribution is 2.41. The van der Waals surface area contributed by atoms with Crippen LogP contribution in [0.5, 0.6) is 0 Å². The number of primary sulfonamides is 1. The Balaban J connectivity index is 1.98. The third kappa shape index (κ3) is 4.29. The Kier molecular flexibility index (Phi) is 5.99. The summed E-state index contributed by atoms with van der Waals surface area (Å²) < 4.78 is 26.4. The van der Waals surface area contributed by atoms with Crippen LogP contribution in [-0.2, 0) is 16.4 Å². The largest absolute Gasteiger partial charge is 0.375 e. The minimum Gasteiger partial charge on any atom is -0.375 e. The summed E-state index contributed by atoms with van der Waals surface area (Å²) in [7, 11) is -4.08. The van der Waals surface area contributed by atoms with Crippen LogP contribution in [0.25, 0.3) is 32.7 Å². The summed E-state index contributed by atoms with van der Waals surface area (Å²) in [5.41, 5.74) is 8.92. The standard InChI is InChI=1S/C20H23N7O2S2/c1-2-3-4-5-7-12-10-11-13(14-8-6-9-15-17(14)23-20(21)30-15)16(18(12)31(22,28)29)19-24-26-27-25-19/h6,8-11H,2-5,7H2,1H3,(H2,21,23)(H2,22,28,29)(H,24,25,26,27). The van der Waals surface area contributed by atoms with E-state index in [1.54, 1.807) is 0 Å². The number of hydrogen-bond acceptors (Lipinski definition) is 8. The van der Waals surface area contributed by atoms with Gasteiger partial charge in [-0.15, -0.1) is 10.2 Å². The van der Waals surface area contributed by atoms with E-state index in [0.29, 0.717) is 33.8 Å². The van der Waals surface area contributed by atoms with E-state index in [4.69, 9.17) is 10.9 Å². The molecule has 0 fully saturated rings. The van der Waals surface area contributed by atoms with Crippen LogP contribution in [0.2, 0.25) is 0 Å². The number of para-hydroxylation sites is 1. The molecule has 0 saturated carbocycles. The summed E-state index contributed by atoms with van der Waals surface area (Å²) in [4.78, 5) is 4.48. The van der Waals surface area contributed by atoms with Crippen molar-refractivity contribution in [1.82, 2.24) is 25.6 Å². The van der Waals surface area contributed by atoms with E-state index in [2.05, 4.69) is 32.5 Å². The Labute approximate surface area is 183 Å². The van der Waals surface area contributed by atoms with Gasteiger partial charge < -0.3 is 5.73 Å². The maximum atomic E-state index is 12.8. The van der Waals surface area contributed by atoms with Gasteiger partial charge in [-0.3, -0.25) is 0 Å². The quantitative estimate of drug-likeness (QED) is 0.342. The van der Waals surface area contributed by atoms with Gasteiger partial charge in [-0.1, -0.05) is 61.8 Å². The fraction of sp³-hybridized carbons (Fsp3) is 0.300. The number of aromatic nitrogens is 5. The van der Waals surface area contributed by atoms with Crippen LogP contribution in [0.15, 0.2) is 35.2 Å². The lowest BCUT2D eigenvalue weighted by Gasteiger charge is -2.16. The van der Waals surface area contributed by atoms with E-state index in [1.165, 1.54) is 11.3 Å². The number of H-pyrrole nitrogens is 1. The molecular weight excluding hydrogens is 434 g/mol. The lowest BCUT2D eigenvalue weighted by Crippen LogP contribution is -2.17. The Bertz CT molecular complexity index is 1320. The predicted octanol–water partition coefficient (Wildman–Crippen LogP) is 3.50. The zero-order chi connectivity index (χ0) is 22.0. The molecule has 0 aliphatic heterocycles. The number of nitrogens with zero attached hydrogens (tertiary/aromatic N) is 4. The van der Waals surface area contributed by atoms with Crippen LogP contribution in [0.3, 0.4) is 0 Å². The van der Waals surface area contributed by atoms with E-state index in [9.17, 15) is 8.42 Å². The molecule has 0 bridgehead atoms. The first-order valence-corrected chi connectivity index (χ1v) is 12.3. The highest BCUT2D eigenvalue weighted by Gasteiger charge is 2.27. The Morgan fingerprint density at radius 3 is 2.65 bits per heavy atom. The van der Waals surface area contributed by atoms with E-state index >= 15 is 0 Å². The molecule has 0 unspecified atom stereocenters. The second kappa shape index (κ2) is 8.69. The number of fused-ring (bicyclic) bond motifs is 1. The van der Waals surface area contributed by atoms with Crippen molar-refractivity contribution in [1.29, 1.82) is 0 Å².